The summed E-state index contributed by atoms with van der Waals surface area (Å²) in [6.45, 7) is 9.31. The summed E-state index contributed by atoms with van der Waals surface area (Å²) in [6.07, 6.45) is 8.36. The van der Waals surface area contributed by atoms with Gasteiger partial charge in [0.15, 0.2) is 0 Å². The molecular formula is C20H34O2. The van der Waals surface area contributed by atoms with Crippen molar-refractivity contribution in [3.8, 4) is 0 Å². The summed E-state index contributed by atoms with van der Waals surface area (Å²) in [5, 5.41) is 10.6. The number of aliphatic hydroxyl groups is 1. The Morgan fingerprint density at radius 1 is 1.23 bits per heavy atom. The maximum Gasteiger partial charge on any atom is 0.133 e. The van der Waals surface area contributed by atoms with Crippen molar-refractivity contribution >= 4 is 5.78 Å². The SMILES string of the molecule is CCC(O)C1(C)CC[C@H]2C(CC[C@H]3CC(=O)CCC32C)[C@@H]1C. The van der Waals surface area contributed by atoms with Crippen molar-refractivity contribution in [2.75, 3.05) is 0 Å². The fraction of sp³-hybridized carbons (Fsp3) is 0.950. The second-order valence-electron chi connectivity index (χ2n) is 9.05. The van der Waals surface area contributed by atoms with Gasteiger partial charge in [0, 0.05) is 12.8 Å². The van der Waals surface area contributed by atoms with Crippen LogP contribution in [0.4, 0.5) is 0 Å². The molecule has 0 heterocycles. The minimum absolute atomic E-state index is 0.0869. The molecule has 3 saturated carbocycles. The van der Waals surface area contributed by atoms with Crippen LogP contribution in [0.3, 0.4) is 0 Å². The third-order valence-corrected chi connectivity index (χ3v) is 8.39. The lowest BCUT2D eigenvalue weighted by Gasteiger charge is -2.61. The molecule has 3 aliphatic carbocycles. The molecule has 0 radical (unpaired) electrons. The second kappa shape index (κ2) is 5.61. The lowest BCUT2D eigenvalue weighted by Crippen LogP contribution is -2.55. The number of fused-ring (bicyclic) bond motifs is 3. The van der Waals surface area contributed by atoms with Gasteiger partial charge in [-0.3, -0.25) is 4.79 Å². The monoisotopic (exact) mass is 306 g/mol. The van der Waals surface area contributed by atoms with Crippen LogP contribution in [0.15, 0.2) is 0 Å². The number of hydrogen-bond acceptors (Lipinski definition) is 2. The zero-order valence-corrected chi connectivity index (χ0v) is 14.9. The first-order valence-electron chi connectivity index (χ1n) is 9.52. The van der Waals surface area contributed by atoms with E-state index in [1.54, 1.807) is 0 Å². The van der Waals surface area contributed by atoms with Gasteiger partial charge in [-0.2, -0.15) is 0 Å². The maximum absolute atomic E-state index is 11.9. The molecule has 2 heteroatoms. The summed E-state index contributed by atoms with van der Waals surface area (Å²) in [5.74, 6) is 3.23. The first-order valence-corrected chi connectivity index (χ1v) is 9.52. The highest BCUT2D eigenvalue weighted by atomic mass is 16.3. The Labute approximate surface area is 136 Å². The Kier molecular flexibility index (Phi) is 4.21. The Morgan fingerprint density at radius 3 is 2.64 bits per heavy atom. The van der Waals surface area contributed by atoms with Crippen LogP contribution in [0.2, 0.25) is 0 Å². The van der Waals surface area contributed by atoms with Gasteiger partial charge in [-0.05, 0) is 73.0 Å². The van der Waals surface area contributed by atoms with Crippen molar-refractivity contribution < 1.29 is 9.90 Å². The van der Waals surface area contributed by atoms with Gasteiger partial charge in [-0.15, -0.1) is 0 Å². The van der Waals surface area contributed by atoms with Gasteiger partial charge in [0.25, 0.3) is 0 Å². The molecular weight excluding hydrogens is 272 g/mol. The lowest BCUT2D eigenvalue weighted by atomic mass is 9.44. The molecule has 0 aromatic heterocycles. The number of carbonyl (C=O) groups is 1. The number of hydrogen-bond donors (Lipinski definition) is 1. The predicted molar refractivity (Wildman–Crippen MR) is 89.5 cm³/mol. The van der Waals surface area contributed by atoms with Crippen molar-refractivity contribution in [3.63, 3.8) is 0 Å². The van der Waals surface area contributed by atoms with Crippen LogP contribution in [0.25, 0.3) is 0 Å². The van der Waals surface area contributed by atoms with Crippen LogP contribution in [0.1, 0.15) is 79.1 Å². The second-order valence-corrected chi connectivity index (χ2v) is 9.05. The summed E-state index contributed by atoms with van der Waals surface area (Å²) in [4.78, 5) is 11.9. The van der Waals surface area contributed by atoms with Gasteiger partial charge in [0.05, 0.1) is 6.10 Å². The summed E-state index contributed by atoms with van der Waals surface area (Å²) >= 11 is 0. The molecule has 0 aliphatic heterocycles. The quantitative estimate of drug-likeness (QED) is 0.810. The topological polar surface area (TPSA) is 37.3 Å². The first kappa shape index (κ1) is 16.5. The standard InChI is InChI=1S/C20H34O2/c1-5-18(22)19(3)11-9-17-16(13(19)2)7-6-14-12-15(21)8-10-20(14,17)4/h13-14,16-18,22H,5-12H2,1-4H3/t13-,14-,16?,17-,18?,19?,20?/m0/s1. The predicted octanol–water partition coefficient (Wildman–Crippen LogP) is 4.60. The molecule has 3 fully saturated rings. The third-order valence-electron chi connectivity index (χ3n) is 8.39. The summed E-state index contributed by atoms with van der Waals surface area (Å²) in [5.41, 5.74) is 0.465. The normalized spacial score (nSPS) is 50.1. The number of ketones is 1. The Hall–Kier alpha value is -0.370. The molecule has 1 N–H and O–H groups in total. The summed E-state index contributed by atoms with van der Waals surface area (Å²) < 4.78 is 0. The van der Waals surface area contributed by atoms with E-state index in [1.165, 1.54) is 19.3 Å². The van der Waals surface area contributed by atoms with Crippen LogP contribution >= 0.6 is 0 Å². The largest absolute Gasteiger partial charge is 0.393 e. The van der Waals surface area contributed by atoms with Gasteiger partial charge in [0.1, 0.15) is 5.78 Å². The fourth-order valence-electron chi connectivity index (χ4n) is 6.49. The van der Waals surface area contributed by atoms with Gasteiger partial charge in [-0.1, -0.05) is 27.7 Å². The van der Waals surface area contributed by atoms with E-state index in [0.717, 1.165) is 43.9 Å². The highest BCUT2D eigenvalue weighted by Gasteiger charge is 2.56. The van der Waals surface area contributed by atoms with Crippen molar-refractivity contribution in [1.82, 2.24) is 0 Å². The molecule has 0 spiro atoms. The van der Waals surface area contributed by atoms with E-state index in [9.17, 15) is 9.90 Å². The van der Waals surface area contributed by atoms with Gasteiger partial charge < -0.3 is 5.11 Å². The summed E-state index contributed by atoms with van der Waals surface area (Å²) in [7, 11) is 0. The average Bonchev–Trinajstić information content (AvgIpc) is 2.50. The zero-order valence-electron chi connectivity index (χ0n) is 14.9. The maximum atomic E-state index is 11.9. The van der Waals surface area contributed by atoms with E-state index in [0.29, 0.717) is 23.0 Å². The Balaban J connectivity index is 1.85. The molecule has 0 amide bonds. The fourth-order valence-corrected chi connectivity index (χ4v) is 6.49. The van der Waals surface area contributed by atoms with Crippen LogP contribution in [-0.4, -0.2) is 17.0 Å². The molecule has 3 aliphatic rings. The number of carbonyl (C=O) groups excluding carboxylic acids is 1. The van der Waals surface area contributed by atoms with E-state index in [4.69, 9.17) is 0 Å². The molecule has 126 valence electrons. The van der Waals surface area contributed by atoms with E-state index in [-0.39, 0.29) is 11.5 Å². The van der Waals surface area contributed by atoms with Gasteiger partial charge in [0.2, 0.25) is 0 Å². The Morgan fingerprint density at radius 2 is 1.95 bits per heavy atom. The van der Waals surface area contributed by atoms with E-state index >= 15 is 0 Å². The summed E-state index contributed by atoms with van der Waals surface area (Å²) in [6, 6.07) is 0. The molecule has 4 unspecified atom stereocenters. The lowest BCUT2D eigenvalue weighted by molar-refractivity contribution is -0.149. The van der Waals surface area contributed by atoms with E-state index < -0.39 is 0 Å². The number of Topliss-reactive ketones (excluding diaryl/α,β-unsaturated/α-hetero) is 1. The van der Waals surface area contributed by atoms with Crippen LogP contribution in [-0.2, 0) is 4.79 Å². The van der Waals surface area contributed by atoms with Crippen LogP contribution < -0.4 is 0 Å². The average molecular weight is 306 g/mol. The number of rotatable bonds is 2. The molecule has 0 bridgehead atoms. The molecule has 3 rings (SSSR count). The molecule has 22 heavy (non-hydrogen) atoms. The highest BCUT2D eigenvalue weighted by Crippen LogP contribution is 2.63. The Bertz CT molecular complexity index is 445. The molecule has 0 saturated heterocycles. The highest BCUT2D eigenvalue weighted by molar-refractivity contribution is 5.79. The van der Waals surface area contributed by atoms with E-state index in [1.807, 2.05) is 0 Å². The van der Waals surface area contributed by atoms with Crippen molar-refractivity contribution in [2.45, 2.75) is 85.2 Å². The van der Waals surface area contributed by atoms with Crippen LogP contribution in [0.5, 0.6) is 0 Å². The number of aliphatic hydroxyl groups excluding tert-OH is 1. The minimum atomic E-state index is -0.165. The van der Waals surface area contributed by atoms with Crippen molar-refractivity contribution in [3.05, 3.63) is 0 Å². The smallest absolute Gasteiger partial charge is 0.133 e. The van der Waals surface area contributed by atoms with E-state index in [2.05, 4.69) is 27.7 Å². The third kappa shape index (κ3) is 2.28. The van der Waals surface area contributed by atoms with Gasteiger partial charge >= 0.3 is 0 Å². The minimum Gasteiger partial charge on any atom is -0.393 e. The first-order chi connectivity index (χ1) is 10.3. The zero-order chi connectivity index (χ0) is 16.1. The molecule has 0 aromatic rings. The van der Waals surface area contributed by atoms with Crippen LogP contribution in [0, 0.1) is 34.5 Å². The molecule has 0 aromatic carbocycles. The van der Waals surface area contributed by atoms with Crippen molar-refractivity contribution in [2.24, 2.45) is 34.5 Å². The van der Waals surface area contributed by atoms with Gasteiger partial charge in [-0.25, -0.2) is 0 Å². The molecule has 7 atom stereocenters. The molecule has 2 nitrogen and oxygen atoms in total. The van der Waals surface area contributed by atoms with Crippen molar-refractivity contribution in [1.29, 1.82) is 0 Å².